The van der Waals surface area contributed by atoms with Crippen molar-refractivity contribution >= 4 is 5.97 Å². The van der Waals surface area contributed by atoms with Gasteiger partial charge in [-0.1, -0.05) is 39.8 Å². The second-order valence-electron chi connectivity index (χ2n) is 5.94. The molecule has 124 valence electrons. The zero-order valence-electron chi connectivity index (χ0n) is 14.4. The summed E-state index contributed by atoms with van der Waals surface area (Å²) in [6.45, 7) is 12.7. The van der Waals surface area contributed by atoms with Gasteiger partial charge in [-0.3, -0.25) is 0 Å². The van der Waals surface area contributed by atoms with Gasteiger partial charge < -0.3 is 19.5 Å². The third-order valence-electron chi connectivity index (χ3n) is 3.93. The maximum atomic E-state index is 11.4. The van der Waals surface area contributed by atoms with Crippen molar-refractivity contribution in [3.8, 4) is 5.75 Å². The van der Waals surface area contributed by atoms with Gasteiger partial charge in [0.1, 0.15) is 11.9 Å². The highest BCUT2D eigenvalue weighted by Gasteiger charge is 2.17. The molecule has 0 saturated carbocycles. The van der Waals surface area contributed by atoms with Crippen LogP contribution in [-0.2, 0) is 4.79 Å². The Hall–Kier alpha value is -1.55. The fraction of sp³-hybridized carbons (Fsp3) is 0.611. The molecule has 1 rings (SSSR count). The summed E-state index contributed by atoms with van der Waals surface area (Å²) in [5.41, 5.74) is 2.08. The van der Waals surface area contributed by atoms with Crippen LogP contribution in [0.4, 0.5) is 0 Å². The van der Waals surface area contributed by atoms with Gasteiger partial charge >= 0.3 is 0 Å². The monoisotopic (exact) mass is 306 g/mol. The SMILES string of the molecule is CCN(CC)CCC(Oc1cc(C)ccc1C(C)C)C(=O)[O-]. The molecule has 0 N–H and O–H groups in total. The van der Waals surface area contributed by atoms with Gasteiger partial charge in [0, 0.05) is 13.0 Å². The summed E-state index contributed by atoms with van der Waals surface area (Å²) in [7, 11) is 0. The average Bonchev–Trinajstić information content (AvgIpc) is 2.46. The van der Waals surface area contributed by atoms with E-state index >= 15 is 0 Å². The lowest BCUT2D eigenvalue weighted by Crippen LogP contribution is -2.42. The lowest BCUT2D eigenvalue weighted by Gasteiger charge is -2.26. The average molecular weight is 306 g/mol. The number of carboxylic acids is 1. The van der Waals surface area contributed by atoms with Crippen molar-refractivity contribution in [1.29, 1.82) is 0 Å². The molecule has 0 spiro atoms. The Bertz CT molecular complexity index is 481. The second kappa shape index (κ2) is 8.79. The molecule has 0 radical (unpaired) electrons. The first kappa shape index (κ1) is 18.5. The van der Waals surface area contributed by atoms with Crippen LogP contribution < -0.4 is 9.84 Å². The Morgan fingerprint density at radius 2 is 1.91 bits per heavy atom. The lowest BCUT2D eigenvalue weighted by atomic mass is 10.0. The molecule has 0 aromatic heterocycles. The number of benzene rings is 1. The zero-order chi connectivity index (χ0) is 16.7. The highest BCUT2D eigenvalue weighted by molar-refractivity contribution is 5.70. The van der Waals surface area contributed by atoms with Crippen LogP contribution in [0.5, 0.6) is 5.75 Å². The smallest absolute Gasteiger partial charge is 0.139 e. The van der Waals surface area contributed by atoms with Crippen molar-refractivity contribution in [2.45, 2.75) is 53.1 Å². The van der Waals surface area contributed by atoms with Crippen LogP contribution >= 0.6 is 0 Å². The van der Waals surface area contributed by atoms with E-state index in [1.807, 2.05) is 25.1 Å². The second-order valence-corrected chi connectivity index (χ2v) is 5.94. The van der Waals surface area contributed by atoms with E-state index in [4.69, 9.17) is 4.74 Å². The summed E-state index contributed by atoms with van der Waals surface area (Å²) in [6, 6.07) is 5.93. The molecule has 0 fully saturated rings. The number of carbonyl (C=O) groups excluding carboxylic acids is 1. The summed E-state index contributed by atoms with van der Waals surface area (Å²) in [4.78, 5) is 13.6. The van der Waals surface area contributed by atoms with E-state index in [0.717, 1.165) is 24.2 Å². The molecule has 0 aliphatic carbocycles. The molecule has 1 atom stereocenters. The lowest BCUT2D eigenvalue weighted by molar-refractivity contribution is -0.313. The van der Waals surface area contributed by atoms with Crippen molar-refractivity contribution in [1.82, 2.24) is 4.90 Å². The van der Waals surface area contributed by atoms with E-state index in [-0.39, 0.29) is 5.92 Å². The fourth-order valence-electron chi connectivity index (χ4n) is 2.44. The van der Waals surface area contributed by atoms with Crippen LogP contribution in [0.2, 0.25) is 0 Å². The Morgan fingerprint density at radius 3 is 2.41 bits per heavy atom. The molecule has 0 aliphatic heterocycles. The number of hydrogen-bond acceptors (Lipinski definition) is 4. The Labute approximate surface area is 134 Å². The molecule has 1 unspecified atom stereocenters. The molecule has 1 aromatic carbocycles. The number of nitrogens with zero attached hydrogens (tertiary/aromatic N) is 1. The van der Waals surface area contributed by atoms with Gasteiger partial charge in [0.15, 0.2) is 0 Å². The minimum Gasteiger partial charge on any atom is -0.546 e. The summed E-state index contributed by atoms with van der Waals surface area (Å²) >= 11 is 0. The van der Waals surface area contributed by atoms with Gasteiger partial charge in [0.25, 0.3) is 0 Å². The van der Waals surface area contributed by atoms with Crippen molar-refractivity contribution in [3.05, 3.63) is 29.3 Å². The van der Waals surface area contributed by atoms with E-state index in [1.54, 1.807) is 0 Å². The first-order valence-electron chi connectivity index (χ1n) is 8.09. The number of hydrogen-bond donors (Lipinski definition) is 0. The van der Waals surface area contributed by atoms with E-state index in [0.29, 0.717) is 18.7 Å². The standard InChI is InChI=1S/C18H29NO3/c1-6-19(7-2)11-10-16(18(20)21)22-17-12-14(5)8-9-15(17)13(3)4/h8-9,12-13,16H,6-7,10-11H2,1-5H3,(H,20,21)/p-1. The highest BCUT2D eigenvalue weighted by atomic mass is 16.5. The summed E-state index contributed by atoms with van der Waals surface area (Å²) in [6.07, 6.45) is -0.491. The van der Waals surface area contributed by atoms with Crippen LogP contribution in [0, 0.1) is 6.92 Å². The summed E-state index contributed by atoms with van der Waals surface area (Å²) in [5.74, 6) is -0.215. The number of carbonyl (C=O) groups is 1. The summed E-state index contributed by atoms with van der Waals surface area (Å²) < 4.78 is 5.80. The Kier molecular flexibility index (Phi) is 7.39. The molecule has 0 amide bonds. The molecule has 22 heavy (non-hydrogen) atoms. The van der Waals surface area contributed by atoms with Gasteiger partial charge in [0.2, 0.25) is 0 Å². The topological polar surface area (TPSA) is 52.6 Å². The molecule has 4 nitrogen and oxygen atoms in total. The van der Waals surface area contributed by atoms with Gasteiger partial charge in [-0.25, -0.2) is 0 Å². The van der Waals surface area contributed by atoms with Crippen LogP contribution in [-0.4, -0.2) is 36.6 Å². The molecule has 4 heteroatoms. The molecule has 0 heterocycles. The van der Waals surface area contributed by atoms with Gasteiger partial charge in [0.05, 0.1) is 5.97 Å². The van der Waals surface area contributed by atoms with Crippen LogP contribution in [0.15, 0.2) is 18.2 Å². The minimum atomic E-state index is -1.15. The van der Waals surface area contributed by atoms with Crippen LogP contribution in [0.1, 0.15) is 51.2 Å². The molecule has 1 aromatic rings. The van der Waals surface area contributed by atoms with E-state index < -0.39 is 12.1 Å². The van der Waals surface area contributed by atoms with Crippen molar-refractivity contribution in [2.75, 3.05) is 19.6 Å². The predicted octanol–water partition coefficient (Wildman–Crippen LogP) is 2.35. The minimum absolute atomic E-state index is 0.279. The summed E-state index contributed by atoms with van der Waals surface area (Å²) in [5, 5.41) is 11.4. The Morgan fingerprint density at radius 1 is 1.27 bits per heavy atom. The van der Waals surface area contributed by atoms with Gasteiger partial charge in [-0.15, -0.1) is 0 Å². The molecule has 0 bridgehead atoms. The molecule has 0 aliphatic rings. The van der Waals surface area contributed by atoms with Crippen molar-refractivity contribution in [3.63, 3.8) is 0 Å². The maximum Gasteiger partial charge on any atom is 0.139 e. The van der Waals surface area contributed by atoms with Crippen molar-refractivity contribution < 1.29 is 14.6 Å². The predicted molar refractivity (Wildman–Crippen MR) is 87.1 cm³/mol. The van der Waals surface area contributed by atoms with Crippen molar-refractivity contribution in [2.24, 2.45) is 0 Å². The largest absolute Gasteiger partial charge is 0.546 e. The van der Waals surface area contributed by atoms with Gasteiger partial charge in [-0.05, 0) is 43.1 Å². The van der Waals surface area contributed by atoms with Crippen LogP contribution in [0.3, 0.4) is 0 Å². The molecular weight excluding hydrogens is 278 g/mol. The van der Waals surface area contributed by atoms with Crippen LogP contribution in [0.25, 0.3) is 0 Å². The number of ether oxygens (including phenoxy) is 1. The first-order chi connectivity index (χ1) is 10.4. The fourth-order valence-corrected chi connectivity index (χ4v) is 2.44. The third-order valence-corrected chi connectivity index (χ3v) is 3.93. The first-order valence-corrected chi connectivity index (χ1v) is 8.09. The normalized spacial score (nSPS) is 12.7. The number of aryl methyl sites for hydroxylation is 1. The van der Waals surface area contributed by atoms with E-state index in [9.17, 15) is 9.90 Å². The van der Waals surface area contributed by atoms with E-state index in [2.05, 4.69) is 32.6 Å². The molecular formula is C18H28NO3-. The number of carboxylic acid groups (broad SMARTS) is 1. The molecule has 0 saturated heterocycles. The quantitative estimate of drug-likeness (QED) is 0.703. The third kappa shape index (κ3) is 5.34. The highest BCUT2D eigenvalue weighted by Crippen LogP contribution is 2.28. The van der Waals surface area contributed by atoms with Gasteiger partial charge in [-0.2, -0.15) is 0 Å². The number of aliphatic carboxylic acids is 1. The Balaban J connectivity index is 2.87. The maximum absolute atomic E-state index is 11.4. The van der Waals surface area contributed by atoms with E-state index in [1.165, 1.54) is 0 Å². The number of rotatable bonds is 9. The zero-order valence-corrected chi connectivity index (χ0v) is 14.4.